The normalized spacial score (nSPS) is 22.7. The summed E-state index contributed by atoms with van der Waals surface area (Å²) in [5.74, 6) is 6.50. The smallest absolute Gasteiger partial charge is 0.254 e. The molecule has 1 aromatic heterocycles. The van der Waals surface area contributed by atoms with E-state index in [0.717, 1.165) is 31.1 Å². The molecule has 0 spiro atoms. The first-order valence-electron chi connectivity index (χ1n) is 17.9. The lowest BCUT2D eigenvalue weighted by molar-refractivity contribution is -0.116. The molecule has 3 aromatic rings. The van der Waals surface area contributed by atoms with E-state index in [4.69, 9.17) is 4.74 Å². The Balaban J connectivity index is 0.933. The Morgan fingerprint density at radius 3 is 2.57 bits per heavy atom. The first-order valence-corrected chi connectivity index (χ1v) is 19.8. The fourth-order valence-electron chi connectivity index (χ4n) is 7.09. The van der Waals surface area contributed by atoms with E-state index in [1.54, 1.807) is 29.2 Å². The maximum Gasteiger partial charge on any atom is 0.254 e. The number of imidazole rings is 1. The highest BCUT2D eigenvalue weighted by Gasteiger charge is 2.41. The largest absolute Gasteiger partial charge is 0.494 e. The molecule has 54 heavy (non-hydrogen) atoms. The summed E-state index contributed by atoms with van der Waals surface area (Å²) in [6, 6.07) is 12.1. The Kier molecular flexibility index (Phi) is 11.9. The SMILES string of the molecule is CN1C(O)c2c(nc(S(C)(=O)=O)n2C)N(CC#Cc2cccc(OCCCCCCC(=O)Nc3cccc4c3CN(C3CCC(O)NC3O)C4=O)c2)C1O. The van der Waals surface area contributed by atoms with Gasteiger partial charge in [0.05, 0.1) is 19.2 Å². The molecule has 6 N–H and O–H groups in total. The molecule has 1 fully saturated rings. The van der Waals surface area contributed by atoms with Gasteiger partial charge >= 0.3 is 0 Å². The molecule has 2 amide bonds. The maximum absolute atomic E-state index is 13.1. The van der Waals surface area contributed by atoms with E-state index in [-0.39, 0.29) is 41.6 Å². The molecular formula is C37H47N7O9S. The molecule has 16 nitrogen and oxygen atoms in total. The number of carbonyl (C=O) groups excluding carboxylic acids is 2. The molecule has 6 rings (SSSR count). The number of nitrogens with zero attached hydrogens (tertiary/aromatic N) is 5. The number of rotatable bonds is 12. The van der Waals surface area contributed by atoms with Crippen molar-refractivity contribution in [3.63, 3.8) is 0 Å². The predicted octanol–water partition coefficient (Wildman–Crippen LogP) is 1.21. The van der Waals surface area contributed by atoms with Crippen LogP contribution in [0, 0.1) is 11.8 Å². The summed E-state index contributed by atoms with van der Waals surface area (Å²) in [6.07, 6.45) is 1.04. The number of aliphatic hydroxyl groups is 4. The molecule has 3 aliphatic heterocycles. The fourth-order valence-corrected chi connectivity index (χ4v) is 7.94. The Morgan fingerprint density at radius 2 is 1.81 bits per heavy atom. The highest BCUT2D eigenvalue weighted by Crippen LogP contribution is 2.37. The second-order valence-corrected chi connectivity index (χ2v) is 15.8. The number of piperidine rings is 1. The van der Waals surface area contributed by atoms with E-state index in [9.17, 15) is 38.4 Å². The Bertz CT molecular complexity index is 2050. The number of amides is 2. The predicted molar refractivity (Wildman–Crippen MR) is 197 cm³/mol. The van der Waals surface area contributed by atoms with Gasteiger partial charge in [-0.1, -0.05) is 36.8 Å². The second-order valence-electron chi connectivity index (χ2n) is 13.9. The first kappa shape index (κ1) is 39.2. The lowest BCUT2D eigenvalue weighted by Gasteiger charge is -2.40. The van der Waals surface area contributed by atoms with E-state index in [2.05, 4.69) is 27.5 Å². The number of hydrogen-bond acceptors (Lipinski definition) is 13. The van der Waals surface area contributed by atoms with Crippen molar-refractivity contribution in [2.45, 2.75) is 87.7 Å². The molecule has 1 saturated heterocycles. The lowest BCUT2D eigenvalue weighted by atomic mass is 10.0. The van der Waals surface area contributed by atoms with Gasteiger partial charge in [0.1, 0.15) is 23.9 Å². The Morgan fingerprint density at radius 1 is 1.06 bits per heavy atom. The zero-order valence-corrected chi connectivity index (χ0v) is 31.3. The summed E-state index contributed by atoms with van der Waals surface area (Å²) in [6.45, 7) is 0.762. The van der Waals surface area contributed by atoms with Gasteiger partial charge in [0.25, 0.3) is 5.91 Å². The average Bonchev–Trinajstić information content (AvgIpc) is 3.66. The van der Waals surface area contributed by atoms with Gasteiger partial charge in [-0.15, -0.1) is 0 Å². The maximum atomic E-state index is 13.1. The minimum absolute atomic E-state index is 0.0101. The highest BCUT2D eigenvalue weighted by molar-refractivity contribution is 7.90. The number of carbonyl (C=O) groups is 2. The number of benzene rings is 2. The molecular weight excluding hydrogens is 719 g/mol. The summed E-state index contributed by atoms with van der Waals surface area (Å²) in [5, 5.41) is 47.1. The third-order valence-corrected chi connectivity index (χ3v) is 11.0. The number of unbranched alkanes of at least 4 members (excludes halogenated alkanes) is 3. The van der Waals surface area contributed by atoms with Crippen molar-refractivity contribution in [2.24, 2.45) is 7.05 Å². The highest BCUT2D eigenvalue weighted by atomic mass is 32.2. The van der Waals surface area contributed by atoms with E-state index in [1.165, 1.54) is 28.5 Å². The van der Waals surface area contributed by atoms with E-state index in [0.29, 0.717) is 54.9 Å². The second kappa shape index (κ2) is 16.4. The van der Waals surface area contributed by atoms with Crippen LogP contribution >= 0.6 is 0 Å². The molecule has 17 heteroatoms. The van der Waals surface area contributed by atoms with Crippen LogP contribution in [0.2, 0.25) is 0 Å². The van der Waals surface area contributed by atoms with Crippen LogP contribution in [0.4, 0.5) is 11.5 Å². The number of aromatic nitrogens is 2. The van der Waals surface area contributed by atoms with Crippen LogP contribution in [0.5, 0.6) is 5.75 Å². The van der Waals surface area contributed by atoms with Crippen LogP contribution in [-0.4, -0.2) is 111 Å². The number of sulfone groups is 1. The third kappa shape index (κ3) is 8.40. The van der Waals surface area contributed by atoms with Crippen LogP contribution in [0.15, 0.2) is 47.6 Å². The van der Waals surface area contributed by atoms with Crippen LogP contribution in [-0.2, 0) is 28.2 Å². The molecule has 5 unspecified atom stereocenters. The number of fused-ring (bicyclic) bond motifs is 2. The van der Waals surface area contributed by atoms with Crippen LogP contribution < -0.4 is 20.3 Å². The van der Waals surface area contributed by atoms with Crippen molar-refractivity contribution in [3.05, 3.63) is 64.8 Å². The summed E-state index contributed by atoms with van der Waals surface area (Å²) in [7, 11) is -0.679. The zero-order chi connectivity index (χ0) is 38.7. The molecule has 5 atom stereocenters. The lowest BCUT2D eigenvalue weighted by Crippen LogP contribution is -2.56. The molecule has 3 aliphatic rings. The quantitative estimate of drug-likeness (QED) is 0.113. The van der Waals surface area contributed by atoms with Crippen molar-refractivity contribution in [3.8, 4) is 17.6 Å². The van der Waals surface area contributed by atoms with Gasteiger partial charge in [-0.2, -0.15) is 0 Å². The summed E-state index contributed by atoms with van der Waals surface area (Å²) in [4.78, 5) is 34.5. The van der Waals surface area contributed by atoms with Gasteiger partial charge < -0.3 is 44.8 Å². The summed E-state index contributed by atoms with van der Waals surface area (Å²) < 4.78 is 31.8. The number of anilines is 2. The Hall–Kier alpha value is -4.54. The van der Waals surface area contributed by atoms with Crippen LogP contribution in [0.1, 0.15) is 78.4 Å². The third-order valence-electron chi connectivity index (χ3n) is 9.97. The van der Waals surface area contributed by atoms with Crippen molar-refractivity contribution in [1.29, 1.82) is 0 Å². The average molecular weight is 766 g/mol. The molecule has 0 bridgehead atoms. The van der Waals surface area contributed by atoms with Crippen molar-refractivity contribution >= 4 is 33.2 Å². The number of aliphatic hydroxyl groups excluding tert-OH is 4. The minimum atomic E-state index is -3.69. The van der Waals surface area contributed by atoms with Gasteiger partial charge in [0.2, 0.25) is 20.9 Å². The van der Waals surface area contributed by atoms with Crippen LogP contribution in [0.3, 0.4) is 0 Å². The molecule has 0 aliphatic carbocycles. The van der Waals surface area contributed by atoms with Crippen molar-refractivity contribution in [1.82, 2.24) is 24.7 Å². The van der Waals surface area contributed by atoms with Gasteiger partial charge in [0.15, 0.2) is 18.4 Å². The Labute approximate surface area is 314 Å². The molecule has 0 radical (unpaired) electrons. The van der Waals surface area contributed by atoms with E-state index < -0.39 is 40.9 Å². The molecule has 290 valence electrons. The number of ether oxygens (including phenoxy) is 1. The number of nitrogens with one attached hydrogen (secondary N) is 2. The summed E-state index contributed by atoms with van der Waals surface area (Å²) in [5.41, 5.74) is 2.74. The van der Waals surface area contributed by atoms with Gasteiger partial charge in [-0.05, 0) is 63.1 Å². The summed E-state index contributed by atoms with van der Waals surface area (Å²) >= 11 is 0. The molecule has 4 heterocycles. The zero-order valence-electron chi connectivity index (χ0n) is 30.5. The first-order chi connectivity index (χ1) is 25.7. The van der Waals surface area contributed by atoms with Gasteiger partial charge in [0, 0.05) is 48.6 Å². The van der Waals surface area contributed by atoms with Crippen molar-refractivity contribution in [2.75, 3.05) is 36.7 Å². The van der Waals surface area contributed by atoms with E-state index in [1.807, 2.05) is 18.2 Å². The van der Waals surface area contributed by atoms with Crippen molar-refractivity contribution < 1.29 is 43.2 Å². The van der Waals surface area contributed by atoms with Gasteiger partial charge in [-0.3, -0.25) is 14.9 Å². The topological polar surface area (TPSA) is 210 Å². The molecule has 2 aromatic carbocycles. The van der Waals surface area contributed by atoms with Crippen LogP contribution in [0.25, 0.3) is 0 Å². The van der Waals surface area contributed by atoms with Gasteiger partial charge in [-0.25, -0.2) is 18.3 Å². The standard InChI is InChI=1S/C37H47N7O9S/c1-41-31-32(40-36(41)54(3,51)52)43(37(50)42(2)35(31)49)19-10-12-23-11-8-13-24(21-23)53-20-7-5-4-6-16-29(45)38-27-15-9-14-25-26(27)22-44(34(25)48)28-17-18-30(46)39-33(28)47/h8-9,11,13-15,21,28,30,33,35,37,39,46-47,49-50H,4-7,16-20,22H2,1-3H3,(H,38,45). The minimum Gasteiger partial charge on any atom is -0.494 e. The number of hydrogen-bond donors (Lipinski definition) is 6. The molecule has 0 saturated carbocycles. The van der Waals surface area contributed by atoms with E-state index >= 15 is 0 Å². The fraction of sp³-hybridized carbons (Fsp3) is 0.486. The monoisotopic (exact) mass is 765 g/mol.